The molecule has 0 radical (unpaired) electrons. The Morgan fingerprint density at radius 2 is 1.84 bits per heavy atom. The molecule has 25 heavy (non-hydrogen) atoms. The van der Waals surface area contributed by atoms with Gasteiger partial charge in [0, 0.05) is 11.6 Å². The summed E-state index contributed by atoms with van der Waals surface area (Å²) in [6, 6.07) is 6.72. The van der Waals surface area contributed by atoms with Gasteiger partial charge in [0.15, 0.2) is 11.0 Å². The van der Waals surface area contributed by atoms with Crippen LogP contribution in [0.1, 0.15) is 26.8 Å². The van der Waals surface area contributed by atoms with Crippen LogP contribution in [0.15, 0.2) is 29.4 Å². The number of primary amides is 1. The van der Waals surface area contributed by atoms with Crippen molar-refractivity contribution in [2.24, 2.45) is 5.73 Å². The van der Waals surface area contributed by atoms with Crippen LogP contribution < -0.4 is 15.8 Å². The van der Waals surface area contributed by atoms with E-state index in [0.29, 0.717) is 11.0 Å². The van der Waals surface area contributed by atoms with Gasteiger partial charge in [0.1, 0.15) is 5.75 Å². The van der Waals surface area contributed by atoms with Crippen molar-refractivity contribution in [3.8, 4) is 17.1 Å². The second-order valence-corrected chi connectivity index (χ2v) is 6.92. The molecule has 1 heterocycles. The maximum atomic E-state index is 11.9. The van der Waals surface area contributed by atoms with Crippen molar-refractivity contribution in [3.05, 3.63) is 24.3 Å². The Balaban J connectivity index is 2.29. The number of carbonyl (C=O) groups excluding carboxylic acids is 2. The van der Waals surface area contributed by atoms with Crippen LogP contribution in [-0.2, 0) is 4.79 Å². The Hall–Kier alpha value is -2.55. The van der Waals surface area contributed by atoms with Gasteiger partial charge in [-0.2, -0.15) is 0 Å². The van der Waals surface area contributed by atoms with Gasteiger partial charge in [-0.05, 0) is 45.0 Å². The molecule has 9 heteroatoms. The van der Waals surface area contributed by atoms with Gasteiger partial charge in [0.25, 0.3) is 0 Å². The lowest BCUT2D eigenvalue weighted by atomic mass is 10.2. The molecule has 0 saturated carbocycles. The first-order valence-corrected chi connectivity index (χ1v) is 8.57. The fraction of sp³-hybridized carbons (Fsp3) is 0.375. The van der Waals surface area contributed by atoms with Crippen molar-refractivity contribution >= 4 is 23.7 Å². The topological polar surface area (TPSA) is 112 Å². The predicted molar refractivity (Wildman–Crippen MR) is 95.4 cm³/mol. The molecule has 1 aromatic carbocycles. The number of nitrogens with two attached hydrogens (primary N) is 1. The van der Waals surface area contributed by atoms with Gasteiger partial charge in [-0.15, -0.1) is 10.2 Å². The molecule has 0 spiro atoms. The highest BCUT2D eigenvalue weighted by Gasteiger charge is 2.22. The Morgan fingerprint density at radius 1 is 1.20 bits per heavy atom. The Bertz CT molecular complexity index is 758. The van der Waals surface area contributed by atoms with Crippen LogP contribution >= 0.6 is 11.8 Å². The van der Waals surface area contributed by atoms with Crippen molar-refractivity contribution in [2.45, 2.75) is 37.2 Å². The molecular formula is C16H21N5O3S. The SMILES string of the molecule is COc1ccc(-c2nnc(S[C@H](C)C(=O)NC(N)=O)n2C(C)C)cc1. The molecule has 3 amide bonds. The van der Waals surface area contributed by atoms with Crippen LogP contribution in [0.5, 0.6) is 5.75 Å². The van der Waals surface area contributed by atoms with Crippen LogP contribution in [0.4, 0.5) is 4.79 Å². The largest absolute Gasteiger partial charge is 0.497 e. The summed E-state index contributed by atoms with van der Waals surface area (Å²) < 4.78 is 7.11. The van der Waals surface area contributed by atoms with Gasteiger partial charge < -0.3 is 10.5 Å². The zero-order valence-electron chi connectivity index (χ0n) is 14.5. The maximum absolute atomic E-state index is 11.9. The molecule has 0 saturated heterocycles. The molecule has 2 aromatic rings. The van der Waals surface area contributed by atoms with E-state index in [9.17, 15) is 9.59 Å². The number of aromatic nitrogens is 3. The van der Waals surface area contributed by atoms with Crippen molar-refractivity contribution in [1.82, 2.24) is 20.1 Å². The molecule has 2 rings (SSSR count). The number of ether oxygens (including phenoxy) is 1. The summed E-state index contributed by atoms with van der Waals surface area (Å²) in [4.78, 5) is 22.7. The van der Waals surface area contributed by atoms with Crippen LogP contribution in [-0.4, -0.2) is 39.1 Å². The van der Waals surface area contributed by atoms with E-state index in [1.807, 2.05) is 42.7 Å². The summed E-state index contributed by atoms with van der Waals surface area (Å²) in [7, 11) is 1.61. The number of carbonyl (C=O) groups is 2. The van der Waals surface area contributed by atoms with E-state index in [1.165, 1.54) is 11.8 Å². The monoisotopic (exact) mass is 363 g/mol. The number of urea groups is 1. The number of rotatable bonds is 6. The zero-order valence-corrected chi connectivity index (χ0v) is 15.3. The number of hydrogen-bond acceptors (Lipinski definition) is 6. The molecule has 1 atom stereocenters. The van der Waals surface area contributed by atoms with Gasteiger partial charge in [-0.25, -0.2) is 4.79 Å². The van der Waals surface area contributed by atoms with E-state index >= 15 is 0 Å². The van der Waals surface area contributed by atoms with E-state index in [-0.39, 0.29) is 6.04 Å². The van der Waals surface area contributed by atoms with E-state index in [1.54, 1.807) is 14.0 Å². The molecule has 8 nitrogen and oxygen atoms in total. The molecule has 0 aliphatic heterocycles. The van der Waals surface area contributed by atoms with Gasteiger partial charge in [0.05, 0.1) is 12.4 Å². The summed E-state index contributed by atoms with van der Waals surface area (Å²) in [6.45, 7) is 5.69. The number of benzene rings is 1. The van der Waals surface area contributed by atoms with Crippen molar-refractivity contribution in [2.75, 3.05) is 7.11 Å². The third-order valence-corrected chi connectivity index (χ3v) is 4.48. The van der Waals surface area contributed by atoms with Gasteiger partial charge in [-0.3, -0.25) is 14.7 Å². The van der Waals surface area contributed by atoms with Crippen LogP contribution in [0.3, 0.4) is 0 Å². The zero-order chi connectivity index (χ0) is 18.6. The molecule has 3 N–H and O–H groups in total. The highest BCUT2D eigenvalue weighted by Crippen LogP contribution is 2.30. The van der Waals surface area contributed by atoms with Gasteiger partial charge in [0.2, 0.25) is 5.91 Å². The number of imide groups is 1. The Labute approximate surface area is 150 Å². The Morgan fingerprint density at radius 3 is 2.36 bits per heavy atom. The summed E-state index contributed by atoms with van der Waals surface area (Å²) in [6.07, 6.45) is 0. The smallest absolute Gasteiger partial charge is 0.318 e. The number of nitrogens with one attached hydrogen (secondary N) is 1. The quantitative estimate of drug-likeness (QED) is 0.761. The van der Waals surface area contributed by atoms with E-state index < -0.39 is 17.2 Å². The highest BCUT2D eigenvalue weighted by molar-refractivity contribution is 8.00. The molecule has 134 valence electrons. The first-order chi connectivity index (χ1) is 11.8. The third kappa shape index (κ3) is 4.50. The lowest BCUT2D eigenvalue weighted by molar-refractivity contribution is -0.119. The second kappa shape index (κ2) is 8.02. The average Bonchev–Trinajstić information content (AvgIpc) is 2.98. The number of nitrogens with zero attached hydrogens (tertiary/aromatic N) is 3. The molecule has 0 aliphatic rings. The van der Waals surface area contributed by atoms with Gasteiger partial charge >= 0.3 is 6.03 Å². The lowest BCUT2D eigenvalue weighted by Crippen LogP contribution is -2.39. The predicted octanol–water partition coefficient (Wildman–Crippen LogP) is 2.21. The van der Waals surface area contributed by atoms with Crippen molar-refractivity contribution in [3.63, 3.8) is 0 Å². The molecule has 1 aromatic heterocycles. The second-order valence-electron chi connectivity index (χ2n) is 5.61. The van der Waals surface area contributed by atoms with Crippen molar-refractivity contribution in [1.29, 1.82) is 0 Å². The number of amides is 3. The molecule has 0 unspecified atom stereocenters. The fourth-order valence-electron chi connectivity index (χ4n) is 2.19. The number of methoxy groups -OCH3 is 1. The molecule has 0 fully saturated rings. The number of thioether (sulfide) groups is 1. The summed E-state index contributed by atoms with van der Waals surface area (Å²) in [5, 5.41) is 10.6. The van der Waals surface area contributed by atoms with E-state index in [0.717, 1.165) is 11.3 Å². The van der Waals surface area contributed by atoms with Gasteiger partial charge in [-0.1, -0.05) is 11.8 Å². The lowest BCUT2D eigenvalue weighted by Gasteiger charge is -2.15. The molecule has 0 aliphatic carbocycles. The summed E-state index contributed by atoms with van der Waals surface area (Å²) in [5.74, 6) is 0.982. The van der Waals surface area contributed by atoms with Crippen LogP contribution in [0, 0.1) is 0 Å². The third-order valence-electron chi connectivity index (χ3n) is 3.43. The summed E-state index contributed by atoms with van der Waals surface area (Å²) >= 11 is 1.22. The van der Waals surface area contributed by atoms with Crippen LogP contribution in [0.25, 0.3) is 11.4 Å². The average molecular weight is 363 g/mol. The fourth-order valence-corrected chi connectivity index (χ4v) is 3.18. The maximum Gasteiger partial charge on any atom is 0.318 e. The number of hydrogen-bond donors (Lipinski definition) is 2. The molecular weight excluding hydrogens is 342 g/mol. The van der Waals surface area contributed by atoms with E-state index in [2.05, 4.69) is 15.5 Å². The first-order valence-electron chi connectivity index (χ1n) is 7.69. The molecule has 0 bridgehead atoms. The standard InChI is InChI=1S/C16H21N5O3S/c1-9(2)21-13(11-5-7-12(24-4)8-6-11)19-20-16(21)25-10(3)14(22)18-15(17)23/h5-10H,1-4H3,(H3,17,18,22,23)/t10-/m1/s1. The van der Waals surface area contributed by atoms with Crippen LogP contribution in [0.2, 0.25) is 0 Å². The minimum absolute atomic E-state index is 0.0843. The van der Waals surface area contributed by atoms with Crippen molar-refractivity contribution < 1.29 is 14.3 Å². The van der Waals surface area contributed by atoms with E-state index in [4.69, 9.17) is 10.5 Å². The Kier molecular flexibility index (Phi) is 6.02. The minimum Gasteiger partial charge on any atom is -0.497 e. The highest BCUT2D eigenvalue weighted by atomic mass is 32.2. The normalized spacial score (nSPS) is 12.0. The summed E-state index contributed by atoms with van der Waals surface area (Å²) in [5.41, 5.74) is 5.87. The first kappa shape index (κ1) is 18.8. The minimum atomic E-state index is -0.873.